The maximum atomic E-state index is 12.1. The first-order valence-electron chi connectivity index (χ1n) is 9.18. The second-order valence-corrected chi connectivity index (χ2v) is 8.28. The number of nitrogens with zero attached hydrogens (tertiary/aromatic N) is 3. The molecule has 0 aliphatic heterocycles. The summed E-state index contributed by atoms with van der Waals surface area (Å²) < 4.78 is 7.84. The van der Waals surface area contributed by atoms with Crippen molar-refractivity contribution < 1.29 is 9.53 Å². The van der Waals surface area contributed by atoms with Gasteiger partial charge in [0.1, 0.15) is 5.75 Å². The van der Waals surface area contributed by atoms with Gasteiger partial charge in [-0.05, 0) is 44.4 Å². The number of aryl methyl sites for hydroxylation is 1. The van der Waals surface area contributed by atoms with Crippen LogP contribution >= 0.6 is 23.4 Å². The molecule has 0 bridgehead atoms. The van der Waals surface area contributed by atoms with Crippen LogP contribution in [0.2, 0.25) is 5.02 Å². The Morgan fingerprint density at radius 3 is 2.89 bits per heavy atom. The number of hydrogen-bond donors (Lipinski definition) is 1. The zero-order valence-corrected chi connectivity index (χ0v) is 17.4. The van der Waals surface area contributed by atoms with Gasteiger partial charge in [0.05, 0.1) is 10.8 Å². The summed E-state index contributed by atoms with van der Waals surface area (Å²) in [6.07, 6.45) is 4.26. The highest BCUT2D eigenvalue weighted by Crippen LogP contribution is 2.30. The van der Waals surface area contributed by atoms with Gasteiger partial charge in [0.25, 0.3) is 0 Å². The number of amides is 1. The molecule has 1 aliphatic rings. The Balaban J connectivity index is 1.58. The third kappa shape index (κ3) is 5.17. The first-order chi connectivity index (χ1) is 12.9. The molecule has 0 spiro atoms. The van der Waals surface area contributed by atoms with E-state index in [1.54, 1.807) is 0 Å². The normalized spacial score (nSPS) is 15.7. The SMILES string of the molecule is Cc1ccc(Cl)c(OC(C)c2nnc(SCC(=O)NC3CCCC3)n2C)c1. The Labute approximate surface area is 169 Å². The van der Waals surface area contributed by atoms with Crippen molar-refractivity contribution in [2.24, 2.45) is 7.05 Å². The molecule has 1 atom stereocenters. The van der Waals surface area contributed by atoms with E-state index in [2.05, 4.69) is 15.5 Å². The maximum absolute atomic E-state index is 12.1. The van der Waals surface area contributed by atoms with Gasteiger partial charge in [0.2, 0.25) is 5.91 Å². The molecule has 1 aromatic carbocycles. The summed E-state index contributed by atoms with van der Waals surface area (Å²) in [7, 11) is 1.88. The largest absolute Gasteiger partial charge is 0.481 e. The van der Waals surface area contributed by atoms with Gasteiger partial charge >= 0.3 is 0 Å². The molecule has 1 saturated carbocycles. The Morgan fingerprint density at radius 1 is 1.41 bits per heavy atom. The van der Waals surface area contributed by atoms with Crippen LogP contribution in [-0.4, -0.2) is 32.5 Å². The number of rotatable bonds is 7. The number of carbonyl (C=O) groups is 1. The first-order valence-corrected chi connectivity index (χ1v) is 10.5. The number of aromatic nitrogens is 3. The first kappa shape index (κ1) is 20.0. The van der Waals surface area contributed by atoms with Gasteiger partial charge in [0, 0.05) is 13.1 Å². The van der Waals surface area contributed by atoms with E-state index in [4.69, 9.17) is 16.3 Å². The van der Waals surface area contributed by atoms with E-state index in [0.717, 1.165) is 18.4 Å². The van der Waals surface area contributed by atoms with Gasteiger partial charge < -0.3 is 14.6 Å². The summed E-state index contributed by atoms with van der Waals surface area (Å²) >= 11 is 7.60. The van der Waals surface area contributed by atoms with E-state index in [0.29, 0.717) is 33.5 Å². The predicted octanol–water partition coefficient (Wildman–Crippen LogP) is 4.07. The Kier molecular flexibility index (Phi) is 6.65. The van der Waals surface area contributed by atoms with Crippen LogP contribution in [0.4, 0.5) is 0 Å². The average Bonchev–Trinajstić information content (AvgIpc) is 3.26. The molecular weight excluding hydrogens is 384 g/mol. The van der Waals surface area contributed by atoms with Gasteiger partial charge in [-0.25, -0.2) is 0 Å². The van der Waals surface area contributed by atoms with Crippen LogP contribution in [0.1, 0.15) is 50.1 Å². The minimum Gasteiger partial charge on any atom is -0.481 e. The van der Waals surface area contributed by atoms with Gasteiger partial charge in [-0.2, -0.15) is 0 Å². The van der Waals surface area contributed by atoms with Crippen molar-refractivity contribution in [1.29, 1.82) is 0 Å². The molecule has 0 radical (unpaired) electrons. The molecule has 1 heterocycles. The molecule has 1 aromatic heterocycles. The standard InChI is InChI=1S/C19H25ClN4O2S/c1-12-8-9-15(20)16(10-12)26-13(2)18-22-23-19(24(18)3)27-11-17(25)21-14-6-4-5-7-14/h8-10,13-14H,4-7,11H2,1-3H3,(H,21,25). The van der Waals surface area contributed by atoms with Crippen LogP contribution in [0.25, 0.3) is 0 Å². The van der Waals surface area contributed by atoms with Crippen LogP contribution in [0, 0.1) is 6.92 Å². The Bertz CT molecular complexity index is 805. The lowest BCUT2D eigenvalue weighted by Gasteiger charge is -2.16. The highest BCUT2D eigenvalue weighted by Gasteiger charge is 2.20. The van der Waals surface area contributed by atoms with Crippen LogP contribution in [0.5, 0.6) is 5.75 Å². The maximum Gasteiger partial charge on any atom is 0.230 e. The lowest BCUT2D eigenvalue weighted by Crippen LogP contribution is -2.33. The van der Waals surface area contributed by atoms with Crippen molar-refractivity contribution in [1.82, 2.24) is 20.1 Å². The number of halogens is 1. The minimum atomic E-state index is -0.316. The van der Waals surface area contributed by atoms with Crippen molar-refractivity contribution >= 4 is 29.3 Å². The number of hydrogen-bond acceptors (Lipinski definition) is 5. The molecule has 2 aromatic rings. The monoisotopic (exact) mass is 408 g/mol. The van der Waals surface area contributed by atoms with E-state index in [-0.39, 0.29) is 12.0 Å². The van der Waals surface area contributed by atoms with E-state index >= 15 is 0 Å². The summed E-state index contributed by atoms with van der Waals surface area (Å²) in [6, 6.07) is 5.99. The lowest BCUT2D eigenvalue weighted by molar-refractivity contribution is -0.119. The summed E-state index contributed by atoms with van der Waals surface area (Å²) in [5.41, 5.74) is 1.07. The van der Waals surface area contributed by atoms with Crippen LogP contribution in [0.15, 0.2) is 23.4 Å². The van der Waals surface area contributed by atoms with E-state index < -0.39 is 0 Å². The predicted molar refractivity (Wildman–Crippen MR) is 107 cm³/mol. The number of benzene rings is 1. The zero-order valence-electron chi connectivity index (χ0n) is 15.9. The molecule has 1 fully saturated rings. The molecule has 1 N–H and O–H groups in total. The quantitative estimate of drug-likeness (QED) is 0.699. The van der Waals surface area contributed by atoms with E-state index in [1.165, 1.54) is 24.6 Å². The number of thioether (sulfide) groups is 1. The van der Waals surface area contributed by atoms with Crippen LogP contribution in [-0.2, 0) is 11.8 Å². The second kappa shape index (κ2) is 8.97. The fourth-order valence-electron chi connectivity index (χ4n) is 3.22. The molecule has 1 unspecified atom stereocenters. The fraction of sp³-hybridized carbons (Fsp3) is 0.526. The summed E-state index contributed by atoms with van der Waals surface area (Å²) in [5.74, 6) is 1.69. The molecule has 8 heteroatoms. The van der Waals surface area contributed by atoms with Crippen molar-refractivity contribution in [3.8, 4) is 5.75 Å². The third-order valence-electron chi connectivity index (χ3n) is 4.68. The summed E-state index contributed by atoms with van der Waals surface area (Å²) in [4.78, 5) is 12.1. The molecule has 6 nitrogen and oxygen atoms in total. The van der Waals surface area contributed by atoms with Crippen molar-refractivity contribution in [3.63, 3.8) is 0 Å². The summed E-state index contributed by atoms with van der Waals surface area (Å²) in [6.45, 7) is 3.89. The molecule has 146 valence electrons. The topological polar surface area (TPSA) is 69.0 Å². The molecule has 27 heavy (non-hydrogen) atoms. The van der Waals surface area contributed by atoms with Gasteiger partial charge in [-0.15, -0.1) is 10.2 Å². The molecule has 1 amide bonds. The van der Waals surface area contributed by atoms with Gasteiger partial charge in [-0.1, -0.05) is 42.3 Å². The number of nitrogens with one attached hydrogen (secondary N) is 1. The Hall–Kier alpha value is -1.73. The molecular formula is C19H25ClN4O2S. The second-order valence-electron chi connectivity index (χ2n) is 6.93. The highest BCUT2D eigenvalue weighted by molar-refractivity contribution is 7.99. The van der Waals surface area contributed by atoms with Crippen molar-refractivity contribution in [2.45, 2.75) is 56.8 Å². The van der Waals surface area contributed by atoms with E-state index in [9.17, 15) is 4.79 Å². The number of ether oxygens (including phenoxy) is 1. The van der Waals surface area contributed by atoms with Crippen LogP contribution in [0.3, 0.4) is 0 Å². The average molecular weight is 409 g/mol. The minimum absolute atomic E-state index is 0.0484. The molecule has 0 saturated heterocycles. The highest BCUT2D eigenvalue weighted by atomic mass is 35.5. The van der Waals surface area contributed by atoms with Gasteiger partial charge in [-0.3, -0.25) is 4.79 Å². The zero-order chi connectivity index (χ0) is 19.4. The third-order valence-corrected chi connectivity index (χ3v) is 6.01. The lowest BCUT2D eigenvalue weighted by atomic mass is 10.2. The van der Waals surface area contributed by atoms with E-state index in [1.807, 2.05) is 43.7 Å². The van der Waals surface area contributed by atoms with Crippen molar-refractivity contribution in [2.75, 3.05) is 5.75 Å². The summed E-state index contributed by atoms with van der Waals surface area (Å²) in [5, 5.41) is 12.8. The Morgan fingerprint density at radius 2 is 2.15 bits per heavy atom. The fourth-order valence-corrected chi connectivity index (χ4v) is 4.11. The number of carbonyl (C=O) groups excluding carboxylic acids is 1. The molecule has 1 aliphatic carbocycles. The smallest absolute Gasteiger partial charge is 0.230 e. The van der Waals surface area contributed by atoms with Crippen LogP contribution < -0.4 is 10.1 Å². The van der Waals surface area contributed by atoms with Crippen molar-refractivity contribution in [3.05, 3.63) is 34.6 Å². The molecule has 3 rings (SSSR count). The van der Waals surface area contributed by atoms with Gasteiger partial charge in [0.15, 0.2) is 17.1 Å².